The van der Waals surface area contributed by atoms with E-state index in [0.717, 1.165) is 41.7 Å². The van der Waals surface area contributed by atoms with Crippen molar-refractivity contribution in [3.8, 4) is 11.5 Å². The van der Waals surface area contributed by atoms with Crippen molar-refractivity contribution < 1.29 is 9.84 Å². The van der Waals surface area contributed by atoms with Gasteiger partial charge < -0.3 is 9.84 Å². The number of hydrogen-bond donors (Lipinski definition) is 1. The molecular formula is C31H52O2. The highest BCUT2D eigenvalue weighted by Gasteiger charge is 2.33. The van der Waals surface area contributed by atoms with E-state index in [9.17, 15) is 5.11 Å². The molecule has 2 nitrogen and oxygen atoms in total. The topological polar surface area (TPSA) is 29.5 Å². The van der Waals surface area contributed by atoms with Crippen LogP contribution in [-0.4, -0.2) is 10.7 Å². The molecule has 188 valence electrons. The lowest BCUT2D eigenvalue weighted by Gasteiger charge is -2.37. The molecule has 33 heavy (non-hydrogen) atoms. The van der Waals surface area contributed by atoms with Gasteiger partial charge in [0.1, 0.15) is 17.1 Å². The van der Waals surface area contributed by atoms with E-state index in [1.807, 2.05) is 13.8 Å². The van der Waals surface area contributed by atoms with Crippen molar-refractivity contribution >= 4 is 0 Å². The van der Waals surface area contributed by atoms with E-state index in [0.29, 0.717) is 5.75 Å². The van der Waals surface area contributed by atoms with Gasteiger partial charge in [-0.05, 0) is 70.1 Å². The summed E-state index contributed by atoms with van der Waals surface area (Å²) in [5.41, 5.74) is 4.10. The maximum absolute atomic E-state index is 10.4. The Labute approximate surface area is 205 Å². The fraction of sp³-hybridized carbons (Fsp3) is 0.742. The Morgan fingerprint density at radius 3 is 1.88 bits per heavy atom. The van der Waals surface area contributed by atoms with Gasteiger partial charge in [-0.1, -0.05) is 96.1 Å². The van der Waals surface area contributed by atoms with E-state index in [2.05, 4.69) is 32.9 Å². The van der Waals surface area contributed by atoms with Crippen LogP contribution in [0.4, 0.5) is 0 Å². The van der Waals surface area contributed by atoms with Gasteiger partial charge in [0, 0.05) is 12.0 Å². The van der Waals surface area contributed by atoms with Gasteiger partial charge in [0.05, 0.1) is 0 Å². The molecular weight excluding hydrogens is 404 g/mol. The van der Waals surface area contributed by atoms with Crippen LogP contribution in [0.25, 0.3) is 0 Å². The minimum absolute atomic E-state index is 0.139. The average Bonchev–Trinajstić information content (AvgIpc) is 2.81. The van der Waals surface area contributed by atoms with Crippen LogP contribution in [0.5, 0.6) is 11.5 Å². The first-order valence-electron chi connectivity index (χ1n) is 14.0. The van der Waals surface area contributed by atoms with Crippen LogP contribution in [0, 0.1) is 20.8 Å². The van der Waals surface area contributed by atoms with Crippen LogP contribution in [0.15, 0.2) is 12.2 Å². The lowest BCUT2D eigenvalue weighted by Crippen LogP contribution is -2.36. The molecule has 0 amide bonds. The summed E-state index contributed by atoms with van der Waals surface area (Å²) in [4.78, 5) is 0. The molecule has 0 fully saturated rings. The minimum Gasteiger partial charge on any atom is -0.507 e. The minimum atomic E-state index is -0.139. The molecule has 0 bridgehead atoms. The molecule has 0 aliphatic carbocycles. The number of phenols is 1. The van der Waals surface area contributed by atoms with E-state index in [4.69, 9.17) is 4.74 Å². The van der Waals surface area contributed by atoms with Gasteiger partial charge in [0.2, 0.25) is 0 Å². The number of fused-ring (bicyclic) bond motifs is 1. The monoisotopic (exact) mass is 456 g/mol. The predicted octanol–water partition coefficient (Wildman–Crippen LogP) is 9.83. The summed E-state index contributed by atoms with van der Waals surface area (Å²) in [7, 11) is 0. The van der Waals surface area contributed by atoms with E-state index >= 15 is 0 Å². The second-order valence-corrected chi connectivity index (χ2v) is 10.8. The second kappa shape index (κ2) is 14.7. The SMILES string of the molecule is CCCCCCCCCCCCCCCC=CC[C@]1(C)CCc2c(C)c(O)c(C)c(C)c2O1. The summed E-state index contributed by atoms with van der Waals surface area (Å²) in [5, 5.41) is 10.4. The first-order chi connectivity index (χ1) is 15.9. The average molecular weight is 457 g/mol. The molecule has 1 aromatic rings. The number of aromatic hydroxyl groups is 1. The molecule has 0 radical (unpaired) electrons. The number of hydrogen-bond acceptors (Lipinski definition) is 2. The zero-order valence-corrected chi connectivity index (χ0v) is 22.5. The molecule has 1 aromatic carbocycles. The molecule has 0 saturated heterocycles. The normalized spacial score (nSPS) is 18.0. The van der Waals surface area contributed by atoms with E-state index in [1.165, 1.54) is 95.5 Å². The summed E-state index contributed by atoms with van der Waals surface area (Å²) >= 11 is 0. The summed E-state index contributed by atoms with van der Waals surface area (Å²) in [6.45, 7) is 10.6. The maximum atomic E-state index is 10.4. The number of benzene rings is 1. The van der Waals surface area contributed by atoms with Gasteiger partial charge in [-0.2, -0.15) is 0 Å². The highest BCUT2D eigenvalue weighted by Crippen LogP contribution is 2.44. The lowest BCUT2D eigenvalue weighted by molar-refractivity contribution is 0.0666. The Morgan fingerprint density at radius 2 is 1.30 bits per heavy atom. The van der Waals surface area contributed by atoms with Crippen LogP contribution in [0.3, 0.4) is 0 Å². The molecule has 1 heterocycles. The number of rotatable bonds is 16. The summed E-state index contributed by atoms with van der Waals surface area (Å²) < 4.78 is 6.53. The first-order valence-corrected chi connectivity index (χ1v) is 14.0. The molecule has 2 heteroatoms. The third kappa shape index (κ3) is 9.02. The number of unbranched alkanes of at least 4 members (excludes halogenated alkanes) is 13. The molecule has 0 aromatic heterocycles. The Balaban J connectivity index is 1.55. The fourth-order valence-corrected chi connectivity index (χ4v) is 5.17. The molecule has 1 aliphatic heterocycles. The van der Waals surface area contributed by atoms with E-state index in [1.54, 1.807) is 0 Å². The number of phenolic OH excluding ortho intramolecular Hbond substituents is 1. The summed E-state index contributed by atoms with van der Waals surface area (Å²) in [6.07, 6.45) is 27.2. The van der Waals surface area contributed by atoms with Crippen molar-refractivity contribution in [2.75, 3.05) is 0 Å². The van der Waals surface area contributed by atoms with Crippen molar-refractivity contribution in [3.63, 3.8) is 0 Å². The van der Waals surface area contributed by atoms with E-state index in [-0.39, 0.29) is 5.60 Å². The number of ether oxygens (including phenoxy) is 1. The number of allylic oxidation sites excluding steroid dienone is 1. The van der Waals surface area contributed by atoms with Gasteiger partial charge in [0.25, 0.3) is 0 Å². The van der Waals surface area contributed by atoms with Crippen molar-refractivity contribution in [1.82, 2.24) is 0 Å². The highest BCUT2D eigenvalue weighted by molar-refractivity contribution is 5.58. The molecule has 0 unspecified atom stereocenters. The van der Waals surface area contributed by atoms with Crippen LogP contribution < -0.4 is 4.74 Å². The van der Waals surface area contributed by atoms with Crippen molar-refractivity contribution in [3.05, 3.63) is 34.4 Å². The Kier molecular flexibility index (Phi) is 12.4. The van der Waals surface area contributed by atoms with Crippen molar-refractivity contribution in [2.45, 2.75) is 149 Å². The van der Waals surface area contributed by atoms with Crippen LogP contribution in [0.2, 0.25) is 0 Å². The van der Waals surface area contributed by atoms with Crippen LogP contribution in [-0.2, 0) is 6.42 Å². The van der Waals surface area contributed by atoms with E-state index < -0.39 is 0 Å². The van der Waals surface area contributed by atoms with Gasteiger partial charge in [0.15, 0.2) is 0 Å². The fourth-order valence-electron chi connectivity index (χ4n) is 5.17. The standard InChI is InChI=1S/C31H52O2/c1-6-7-8-9-10-11-12-13-14-15-16-17-18-19-20-21-23-31(5)24-22-28-27(4)29(32)25(2)26(3)30(28)33-31/h20-21,32H,6-19,22-24H2,1-5H3/t31-/m1/s1. The largest absolute Gasteiger partial charge is 0.507 e. The third-order valence-electron chi connectivity index (χ3n) is 7.78. The van der Waals surface area contributed by atoms with Gasteiger partial charge in [-0.15, -0.1) is 0 Å². The van der Waals surface area contributed by atoms with Crippen LogP contribution in [0.1, 0.15) is 139 Å². The van der Waals surface area contributed by atoms with Gasteiger partial charge in [-0.25, -0.2) is 0 Å². The zero-order chi connectivity index (χ0) is 24.1. The Bertz CT molecular complexity index is 733. The van der Waals surface area contributed by atoms with Crippen molar-refractivity contribution in [1.29, 1.82) is 0 Å². The smallest absolute Gasteiger partial charge is 0.127 e. The molecule has 1 N–H and O–H groups in total. The van der Waals surface area contributed by atoms with Gasteiger partial charge in [-0.3, -0.25) is 0 Å². The molecule has 0 saturated carbocycles. The highest BCUT2D eigenvalue weighted by atomic mass is 16.5. The quantitative estimate of drug-likeness (QED) is 0.198. The molecule has 1 atom stereocenters. The summed E-state index contributed by atoms with van der Waals surface area (Å²) in [6, 6.07) is 0. The Hall–Kier alpha value is -1.44. The van der Waals surface area contributed by atoms with Gasteiger partial charge >= 0.3 is 0 Å². The molecule has 0 spiro atoms. The lowest BCUT2D eigenvalue weighted by atomic mass is 9.85. The first kappa shape index (κ1) is 27.8. The molecule has 1 aliphatic rings. The second-order valence-electron chi connectivity index (χ2n) is 10.8. The predicted molar refractivity (Wildman–Crippen MR) is 144 cm³/mol. The Morgan fingerprint density at radius 1 is 0.758 bits per heavy atom. The zero-order valence-electron chi connectivity index (χ0n) is 22.5. The maximum Gasteiger partial charge on any atom is 0.127 e. The van der Waals surface area contributed by atoms with Crippen LogP contribution >= 0.6 is 0 Å². The van der Waals surface area contributed by atoms with Crippen molar-refractivity contribution in [2.24, 2.45) is 0 Å². The molecule has 2 rings (SSSR count). The summed E-state index contributed by atoms with van der Waals surface area (Å²) in [5.74, 6) is 1.46. The third-order valence-corrected chi connectivity index (χ3v) is 7.78.